The summed E-state index contributed by atoms with van der Waals surface area (Å²) in [6.07, 6.45) is 3.40. The van der Waals surface area contributed by atoms with E-state index >= 15 is 0 Å². The number of nitrogens with two attached hydrogens (primary N) is 1. The molecular formula is C23H21ClN2O2. The number of methoxy groups -OCH3 is 1. The summed E-state index contributed by atoms with van der Waals surface area (Å²) >= 11 is 6.25. The van der Waals surface area contributed by atoms with Crippen molar-refractivity contribution in [1.82, 2.24) is 0 Å². The summed E-state index contributed by atoms with van der Waals surface area (Å²) in [4.78, 5) is 14.7. The van der Waals surface area contributed by atoms with Gasteiger partial charge in [0.25, 0.3) is 5.91 Å². The molecule has 0 aromatic heterocycles. The van der Waals surface area contributed by atoms with Gasteiger partial charge >= 0.3 is 0 Å². The van der Waals surface area contributed by atoms with Gasteiger partial charge in [0.15, 0.2) is 0 Å². The van der Waals surface area contributed by atoms with Crippen LogP contribution in [0.4, 0.5) is 11.4 Å². The van der Waals surface area contributed by atoms with Crippen LogP contribution in [0, 0.1) is 0 Å². The molecule has 0 bridgehead atoms. The third-order valence-corrected chi connectivity index (χ3v) is 5.56. The van der Waals surface area contributed by atoms with Crippen LogP contribution in [-0.4, -0.2) is 25.4 Å². The Morgan fingerprint density at radius 1 is 1.21 bits per heavy atom. The minimum absolute atomic E-state index is 0.0838. The summed E-state index contributed by atoms with van der Waals surface area (Å²) in [7, 11) is 1.63. The van der Waals surface area contributed by atoms with Crippen LogP contribution >= 0.6 is 11.6 Å². The first kappa shape index (κ1) is 18.4. The summed E-state index contributed by atoms with van der Waals surface area (Å²) in [6, 6.07) is 17.5. The molecule has 1 atom stereocenters. The van der Waals surface area contributed by atoms with Gasteiger partial charge in [0.05, 0.1) is 12.8 Å². The van der Waals surface area contributed by atoms with Gasteiger partial charge in [-0.3, -0.25) is 4.79 Å². The van der Waals surface area contributed by atoms with Crippen LogP contribution in [0.15, 0.2) is 60.7 Å². The van der Waals surface area contributed by atoms with Crippen molar-refractivity contribution < 1.29 is 9.53 Å². The van der Waals surface area contributed by atoms with E-state index in [0.717, 1.165) is 33.3 Å². The monoisotopic (exact) mass is 392 g/mol. The van der Waals surface area contributed by atoms with Crippen molar-refractivity contribution in [3.63, 3.8) is 0 Å². The van der Waals surface area contributed by atoms with Crippen molar-refractivity contribution >= 4 is 45.7 Å². The predicted octanol–water partition coefficient (Wildman–Crippen LogP) is 4.81. The molecule has 0 fully saturated rings. The Balaban J connectivity index is 1.68. The summed E-state index contributed by atoms with van der Waals surface area (Å²) in [6.45, 7) is 0.554. The number of hydrogen-bond donors (Lipinski definition) is 1. The fourth-order valence-electron chi connectivity index (χ4n) is 3.78. The molecule has 0 spiro atoms. The second-order valence-corrected chi connectivity index (χ2v) is 7.16. The largest absolute Gasteiger partial charge is 0.497 e. The molecular weight excluding hydrogens is 372 g/mol. The van der Waals surface area contributed by atoms with E-state index in [1.807, 2.05) is 54.6 Å². The van der Waals surface area contributed by atoms with Crippen LogP contribution in [0.3, 0.4) is 0 Å². The van der Waals surface area contributed by atoms with E-state index in [1.165, 1.54) is 0 Å². The quantitative estimate of drug-likeness (QED) is 0.393. The maximum atomic E-state index is 12.9. The zero-order valence-corrected chi connectivity index (χ0v) is 16.3. The van der Waals surface area contributed by atoms with Gasteiger partial charge in [-0.25, -0.2) is 0 Å². The third kappa shape index (κ3) is 3.20. The molecule has 1 aliphatic heterocycles. The van der Waals surface area contributed by atoms with E-state index in [9.17, 15) is 4.79 Å². The lowest BCUT2D eigenvalue weighted by atomic mass is 9.95. The number of anilines is 2. The molecule has 0 saturated carbocycles. The van der Waals surface area contributed by atoms with Crippen molar-refractivity contribution in [2.75, 3.05) is 30.2 Å². The van der Waals surface area contributed by atoms with Gasteiger partial charge in [0, 0.05) is 35.5 Å². The lowest BCUT2D eigenvalue weighted by molar-refractivity contribution is -0.114. The van der Waals surface area contributed by atoms with Crippen molar-refractivity contribution in [1.29, 1.82) is 0 Å². The molecule has 142 valence electrons. The number of nitrogen functional groups attached to an aromatic ring is 1. The zero-order valence-electron chi connectivity index (χ0n) is 15.6. The molecule has 3 aromatic rings. The number of carbonyl (C=O) groups excluding carboxylic acids is 1. The topological polar surface area (TPSA) is 55.6 Å². The van der Waals surface area contributed by atoms with Crippen LogP contribution in [-0.2, 0) is 4.79 Å². The van der Waals surface area contributed by atoms with E-state index in [1.54, 1.807) is 24.2 Å². The molecule has 1 unspecified atom stereocenters. The molecule has 0 aliphatic carbocycles. The van der Waals surface area contributed by atoms with Gasteiger partial charge in [-0.1, -0.05) is 36.4 Å². The maximum Gasteiger partial charge on any atom is 0.251 e. The second kappa shape index (κ2) is 7.56. The average molecular weight is 393 g/mol. The fraction of sp³-hybridized carbons (Fsp3) is 0.174. The van der Waals surface area contributed by atoms with E-state index in [2.05, 4.69) is 0 Å². The van der Waals surface area contributed by atoms with Crippen molar-refractivity contribution in [3.8, 4) is 5.75 Å². The van der Waals surface area contributed by atoms with Crippen LogP contribution in [0.2, 0.25) is 0 Å². The minimum Gasteiger partial charge on any atom is -0.497 e. The molecule has 1 aliphatic rings. The Hall–Kier alpha value is -2.98. The highest BCUT2D eigenvalue weighted by atomic mass is 35.5. The van der Waals surface area contributed by atoms with Gasteiger partial charge in [0.2, 0.25) is 0 Å². The molecule has 0 saturated heterocycles. The number of benzene rings is 3. The average Bonchev–Trinajstić information content (AvgIpc) is 3.11. The van der Waals surface area contributed by atoms with E-state index in [4.69, 9.17) is 22.1 Å². The van der Waals surface area contributed by atoms with Crippen LogP contribution < -0.4 is 15.4 Å². The summed E-state index contributed by atoms with van der Waals surface area (Å²) in [5.74, 6) is 1.23. The number of alkyl halides is 1. The first-order valence-electron chi connectivity index (χ1n) is 9.13. The minimum atomic E-state index is -0.0839. The van der Waals surface area contributed by atoms with Crippen LogP contribution in [0.5, 0.6) is 5.75 Å². The first-order chi connectivity index (χ1) is 13.6. The molecule has 1 heterocycles. The highest BCUT2D eigenvalue weighted by molar-refractivity contribution is 6.19. The number of carbonyl (C=O) groups is 1. The molecule has 4 nitrogen and oxygen atoms in total. The normalized spacial score (nSPS) is 15.9. The summed E-state index contributed by atoms with van der Waals surface area (Å²) in [5.41, 5.74) is 9.82. The molecule has 28 heavy (non-hydrogen) atoms. The van der Waals surface area contributed by atoms with E-state index in [-0.39, 0.29) is 11.8 Å². The predicted molar refractivity (Wildman–Crippen MR) is 116 cm³/mol. The molecule has 5 heteroatoms. The van der Waals surface area contributed by atoms with Crippen molar-refractivity contribution in [2.24, 2.45) is 0 Å². The van der Waals surface area contributed by atoms with Gasteiger partial charge in [-0.15, -0.1) is 11.6 Å². The summed E-state index contributed by atoms with van der Waals surface area (Å²) in [5, 5.41) is 2.07. The lowest BCUT2D eigenvalue weighted by Crippen LogP contribution is -2.28. The van der Waals surface area contributed by atoms with Gasteiger partial charge < -0.3 is 15.4 Å². The molecule has 1 amide bonds. The number of nitrogens with zero attached hydrogens (tertiary/aromatic N) is 1. The highest BCUT2D eigenvalue weighted by Gasteiger charge is 2.33. The zero-order chi connectivity index (χ0) is 19.7. The van der Waals surface area contributed by atoms with E-state index < -0.39 is 0 Å². The second-order valence-electron chi connectivity index (χ2n) is 6.85. The first-order valence-corrected chi connectivity index (χ1v) is 9.66. The van der Waals surface area contributed by atoms with Crippen LogP contribution in [0.1, 0.15) is 17.0 Å². The Morgan fingerprint density at radius 2 is 1.93 bits per heavy atom. The Bertz CT molecular complexity index is 1060. The smallest absolute Gasteiger partial charge is 0.251 e. The molecule has 0 radical (unpaired) electrons. The Labute approximate surface area is 169 Å². The number of hydrogen-bond acceptors (Lipinski definition) is 3. The van der Waals surface area contributed by atoms with E-state index in [0.29, 0.717) is 18.1 Å². The number of fused-ring (bicyclic) bond motifs is 3. The molecule has 3 aromatic carbocycles. The Morgan fingerprint density at radius 3 is 2.61 bits per heavy atom. The summed E-state index contributed by atoms with van der Waals surface area (Å²) < 4.78 is 5.16. The van der Waals surface area contributed by atoms with Crippen molar-refractivity contribution in [3.05, 3.63) is 71.8 Å². The lowest BCUT2D eigenvalue weighted by Gasteiger charge is -2.16. The standard InChI is InChI=1S/C23H21ClN2O2/c1-28-17-9-6-15(7-10-17)8-11-22(27)26-14-16(13-24)23-19-5-3-2-4-18(19)20(25)12-21(23)26/h2-12,16H,13-14,25H2,1H3. The highest BCUT2D eigenvalue weighted by Crippen LogP contribution is 2.44. The van der Waals surface area contributed by atoms with Gasteiger partial charge in [-0.2, -0.15) is 0 Å². The third-order valence-electron chi connectivity index (χ3n) is 5.18. The van der Waals surface area contributed by atoms with Crippen molar-refractivity contribution in [2.45, 2.75) is 5.92 Å². The number of rotatable bonds is 4. The number of amides is 1. The van der Waals surface area contributed by atoms with Crippen LogP contribution in [0.25, 0.3) is 16.8 Å². The maximum absolute atomic E-state index is 12.9. The van der Waals surface area contributed by atoms with Gasteiger partial charge in [-0.05, 0) is 40.8 Å². The molecule has 2 N–H and O–H groups in total. The SMILES string of the molecule is COc1ccc(C=CC(=O)N2CC(CCl)c3c2cc(N)c2ccccc32)cc1. The number of ether oxygens (including phenoxy) is 1. The van der Waals surface area contributed by atoms with Gasteiger partial charge in [0.1, 0.15) is 5.75 Å². The molecule has 4 rings (SSSR count). The fourth-order valence-corrected chi connectivity index (χ4v) is 4.03. The number of halogens is 1. The Kier molecular flexibility index (Phi) is 4.97.